The van der Waals surface area contributed by atoms with E-state index in [1.165, 1.54) is 0 Å². The van der Waals surface area contributed by atoms with Crippen molar-refractivity contribution in [2.45, 2.75) is 50.5 Å². The highest BCUT2D eigenvalue weighted by Gasteiger charge is 2.53. The van der Waals surface area contributed by atoms with Gasteiger partial charge in [0.05, 0.1) is 11.0 Å². The molecule has 2 heteroatoms. The lowest BCUT2D eigenvalue weighted by Gasteiger charge is -2.51. The molecule has 0 aromatic heterocycles. The number of aldehydes is 1. The molecule has 0 radical (unpaired) electrons. The number of hydrogen-bond donors (Lipinski definition) is 1. The van der Waals surface area contributed by atoms with Gasteiger partial charge in [0.25, 0.3) is 0 Å². The average molecular weight is 194 g/mol. The van der Waals surface area contributed by atoms with Crippen molar-refractivity contribution < 1.29 is 9.90 Å². The van der Waals surface area contributed by atoms with Gasteiger partial charge in [0, 0.05) is 0 Å². The third-order valence-electron chi connectivity index (χ3n) is 4.08. The van der Waals surface area contributed by atoms with Crippen LogP contribution in [0.15, 0.2) is 12.2 Å². The maximum absolute atomic E-state index is 11.2. The molecule has 0 heterocycles. The zero-order chi connectivity index (χ0) is 10.2. The SMILES string of the molecule is C=C1CC[C@@]2(C=O)CCCC[C@@]2(O)C1. The molecule has 0 saturated heterocycles. The largest absolute Gasteiger partial charge is 0.389 e. The minimum atomic E-state index is -0.775. The van der Waals surface area contributed by atoms with Crippen molar-refractivity contribution in [3.63, 3.8) is 0 Å². The Kier molecular flexibility index (Phi) is 2.26. The van der Waals surface area contributed by atoms with Crippen LogP contribution in [0.25, 0.3) is 0 Å². The molecule has 14 heavy (non-hydrogen) atoms. The molecule has 2 aliphatic carbocycles. The van der Waals surface area contributed by atoms with Crippen LogP contribution in [0, 0.1) is 5.41 Å². The standard InChI is InChI=1S/C12H18O2/c1-10-4-7-11(9-13)5-2-3-6-12(11,14)8-10/h9,14H,1-8H2/t11-,12-/m1/s1. The van der Waals surface area contributed by atoms with Crippen LogP contribution in [0.4, 0.5) is 0 Å². The number of hydrogen-bond acceptors (Lipinski definition) is 2. The van der Waals surface area contributed by atoms with E-state index in [-0.39, 0.29) is 0 Å². The second-order valence-corrected chi connectivity index (χ2v) is 4.94. The van der Waals surface area contributed by atoms with E-state index in [4.69, 9.17) is 0 Å². The molecular formula is C12H18O2. The van der Waals surface area contributed by atoms with E-state index in [0.29, 0.717) is 6.42 Å². The monoisotopic (exact) mass is 194 g/mol. The number of carbonyl (C=O) groups excluding carboxylic acids is 1. The predicted octanol–water partition coefficient (Wildman–Crippen LogP) is 2.22. The Hall–Kier alpha value is -0.630. The molecule has 0 amide bonds. The summed E-state index contributed by atoms with van der Waals surface area (Å²) in [6.45, 7) is 3.94. The Morgan fingerprint density at radius 1 is 1.29 bits per heavy atom. The molecular weight excluding hydrogens is 176 g/mol. The van der Waals surface area contributed by atoms with E-state index in [1.54, 1.807) is 0 Å². The summed E-state index contributed by atoms with van der Waals surface area (Å²) in [5.74, 6) is 0. The van der Waals surface area contributed by atoms with Gasteiger partial charge in [-0.05, 0) is 32.1 Å². The molecule has 2 fully saturated rings. The molecule has 78 valence electrons. The Morgan fingerprint density at radius 3 is 2.71 bits per heavy atom. The Morgan fingerprint density at radius 2 is 2.00 bits per heavy atom. The molecule has 0 aromatic carbocycles. The van der Waals surface area contributed by atoms with Gasteiger partial charge >= 0.3 is 0 Å². The minimum absolute atomic E-state index is 0.452. The van der Waals surface area contributed by atoms with Crippen molar-refractivity contribution in [1.82, 2.24) is 0 Å². The second kappa shape index (κ2) is 3.20. The minimum Gasteiger partial charge on any atom is -0.389 e. The third-order valence-corrected chi connectivity index (χ3v) is 4.08. The molecule has 2 saturated carbocycles. The zero-order valence-electron chi connectivity index (χ0n) is 8.59. The van der Waals surface area contributed by atoms with Crippen LogP contribution in [0.5, 0.6) is 0 Å². The summed E-state index contributed by atoms with van der Waals surface area (Å²) >= 11 is 0. The number of fused-ring (bicyclic) bond motifs is 1. The van der Waals surface area contributed by atoms with Crippen LogP contribution in [0.1, 0.15) is 44.9 Å². The fourth-order valence-electron chi connectivity index (χ4n) is 3.09. The normalized spacial score (nSPS) is 43.1. The predicted molar refractivity (Wildman–Crippen MR) is 54.9 cm³/mol. The lowest BCUT2D eigenvalue weighted by Crippen LogP contribution is -2.54. The van der Waals surface area contributed by atoms with Crippen LogP contribution in [-0.2, 0) is 4.79 Å². The summed E-state index contributed by atoms with van der Waals surface area (Å²) in [6.07, 6.45) is 7.09. The van der Waals surface area contributed by atoms with E-state index in [2.05, 4.69) is 6.58 Å². The van der Waals surface area contributed by atoms with Crippen LogP contribution < -0.4 is 0 Å². The van der Waals surface area contributed by atoms with Gasteiger partial charge in [-0.25, -0.2) is 0 Å². The lowest BCUT2D eigenvalue weighted by atomic mass is 9.56. The Balaban J connectivity index is 2.32. The highest BCUT2D eigenvalue weighted by molar-refractivity contribution is 5.63. The van der Waals surface area contributed by atoms with Crippen LogP contribution in [-0.4, -0.2) is 17.0 Å². The highest BCUT2D eigenvalue weighted by atomic mass is 16.3. The van der Waals surface area contributed by atoms with Gasteiger partial charge < -0.3 is 9.90 Å². The number of aliphatic hydroxyl groups is 1. The van der Waals surface area contributed by atoms with E-state index in [0.717, 1.165) is 50.4 Å². The summed E-state index contributed by atoms with van der Waals surface area (Å²) in [7, 11) is 0. The lowest BCUT2D eigenvalue weighted by molar-refractivity contribution is -0.151. The van der Waals surface area contributed by atoms with Crippen molar-refractivity contribution in [2.75, 3.05) is 0 Å². The van der Waals surface area contributed by atoms with Crippen molar-refractivity contribution in [3.8, 4) is 0 Å². The van der Waals surface area contributed by atoms with E-state index in [9.17, 15) is 9.90 Å². The molecule has 0 bridgehead atoms. The quantitative estimate of drug-likeness (QED) is 0.513. The summed E-state index contributed by atoms with van der Waals surface area (Å²) in [4.78, 5) is 11.2. The molecule has 1 N–H and O–H groups in total. The summed E-state index contributed by atoms with van der Waals surface area (Å²) in [5.41, 5.74) is -0.124. The van der Waals surface area contributed by atoms with Gasteiger partial charge in [0.2, 0.25) is 0 Å². The van der Waals surface area contributed by atoms with Crippen molar-refractivity contribution in [3.05, 3.63) is 12.2 Å². The zero-order valence-corrected chi connectivity index (χ0v) is 8.59. The first-order valence-electron chi connectivity index (χ1n) is 5.47. The van der Waals surface area contributed by atoms with Crippen molar-refractivity contribution in [1.29, 1.82) is 0 Å². The molecule has 0 unspecified atom stereocenters. The van der Waals surface area contributed by atoms with Gasteiger partial charge in [-0.15, -0.1) is 0 Å². The van der Waals surface area contributed by atoms with Crippen LogP contribution in [0.2, 0.25) is 0 Å². The first kappa shape index (κ1) is 9.91. The van der Waals surface area contributed by atoms with Gasteiger partial charge in [-0.3, -0.25) is 0 Å². The Labute approximate surface area is 85.0 Å². The van der Waals surface area contributed by atoms with E-state index < -0.39 is 11.0 Å². The molecule has 0 spiro atoms. The Bertz CT molecular complexity index is 271. The smallest absolute Gasteiger partial charge is 0.129 e. The van der Waals surface area contributed by atoms with Crippen LogP contribution in [0.3, 0.4) is 0 Å². The number of carbonyl (C=O) groups is 1. The van der Waals surface area contributed by atoms with Gasteiger partial charge in [0.15, 0.2) is 0 Å². The summed E-state index contributed by atoms with van der Waals surface area (Å²) < 4.78 is 0. The fourth-order valence-corrected chi connectivity index (χ4v) is 3.09. The van der Waals surface area contributed by atoms with E-state index >= 15 is 0 Å². The summed E-state index contributed by atoms with van der Waals surface area (Å²) in [6, 6.07) is 0. The maximum atomic E-state index is 11.2. The van der Waals surface area contributed by atoms with Gasteiger partial charge in [-0.2, -0.15) is 0 Å². The topological polar surface area (TPSA) is 37.3 Å². The second-order valence-electron chi connectivity index (χ2n) is 4.94. The van der Waals surface area contributed by atoms with Gasteiger partial charge in [0.1, 0.15) is 6.29 Å². The molecule has 2 nitrogen and oxygen atoms in total. The molecule has 2 atom stereocenters. The molecule has 0 aliphatic heterocycles. The average Bonchev–Trinajstić information content (AvgIpc) is 2.17. The molecule has 0 aromatic rings. The van der Waals surface area contributed by atoms with Crippen molar-refractivity contribution in [2.24, 2.45) is 5.41 Å². The molecule has 2 rings (SSSR count). The van der Waals surface area contributed by atoms with Crippen molar-refractivity contribution >= 4 is 6.29 Å². The first-order valence-corrected chi connectivity index (χ1v) is 5.47. The van der Waals surface area contributed by atoms with Gasteiger partial charge in [-0.1, -0.05) is 25.0 Å². The molecule has 2 aliphatic rings. The third kappa shape index (κ3) is 1.24. The van der Waals surface area contributed by atoms with E-state index in [1.807, 2.05) is 0 Å². The number of rotatable bonds is 1. The fraction of sp³-hybridized carbons (Fsp3) is 0.750. The first-order chi connectivity index (χ1) is 6.62. The summed E-state index contributed by atoms with van der Waals surface area (Å²) in [5, 5.41) is 10.5. The maximum Gasteiger partial charge on any atom is 0.129 e. The highest BCUT2D eigenvalue weighted by Crippen LogP contribution is 2.52. The van der Waals surface area contributed by atoms with Crippen LogP contribution >= 0.6 is 0 Å².